The second-order valence-corrected chi connectivity index (χ2v) is 4.92. The number of benzene rings is 1. The Morgan fingerprint density at radius 1 is 1.27 bits per heavy atom. The highest BCUT2D eigenvalue weighted by molar-refractivity contribution is 8.10. The number of rotatable bonds is 2. The minimum absolute atomic E-state index is 0.199. The van der Waals surface area contributed by atoms with Gasteiger partial charge in [0.15, 0.2) is 5.75 Å². The van der Waals surface area contributed by atoms with Crippen molar-refractivity contribution in [2.24, 2.45) is 0 Å². The van der Waals surface area contributed by atoms with E-state index in [4.69, 9.17) is 10.7 Å². The van der Waals surface area contributed by atoms with Crippen LogP contribution in [0, 0.1) is 0 Å². The molecular weight excluding hydrogens is 238 g/mol. The highest BCUT2D eigenvalue weighted by Crippen LogP contribution is 2.26. The van der Waals surface area contributed by atoms with Crippen LogP contribution in [0.4, 0.5) is 0 Å². The second-order valence-electron chi connectivity index (χ2n) is 2.83. The molecule has 1 aromatic heterocycles. The fourth-order valence-corrected chi connectivity index (χ4v) is 1.84. The highest BCUT2D eigenvalue weighted by Gasteiger charge is 2.09. The van der Waals surface area contributed by atoms with Crippen molar-refractivity contribution in [2.75, 3.05) is 0 Å². The zero-order valence-electron chi connectivity index (χ0n) is 7.42. The molecule has 15 heavy (non-hydrogen) atoms. The lowest BCUT2D eigenvalue weighted by Gasteiger charge is -2.04. The monoisotopic (exact) mass is 243 g/mol. The van der Waals surface area contributed by atoms with Gasteiger partial charge in [0.2, 0.25) is 0 Å². The summed E-state index contributed by atoms with van der Waals surface area (Å²) in [6, 6.07) is 6.66. The topological polar surface area (TPSA) is 56.3 Å². The van der Waals surface area contributed by atoms with Gasteiger partial charge in [-0.15, -0.1) is 0 Å². The molecule has 6 heteroatoms. The average molecular weight is 244 g/mol. The number of halogens is 1. The molecule has 2 rings (SSSR count). The van der Waals surface area contributed by atoms with Crippen LogP contribution in [0.15, 0.2) is 36.7 Å². The van der Waals surface area contributed by atoms with Crippen LogP contribution in [0.2, 0.25) is 0 Å². The molecule has 0 radical (unpaired) electrons. The SMILES string of the molecule is O=S(=O)(Cl)Oc1cccc2cnccc12. The average Bonchev–Trinajstić information content (AvgIpc) is 2.16. The van der Waals surface area contributed by atoms with Crippen LogP contribution in [0.3, 0.4) is 0 Å². The molecule has 0 saturated heterocycles. The lowest BCUT2D eigenvalue weighted by molar-refractivity contribution is 0.506. The smallest absolute Gasteiger partial charge is 0.370 e. The maximum Gasteiger partial charge on any atom is 0.401 e. The minimum atomic E-state index is -4.02. The molecule has 0 aliphatic heterocycles. The van der Waals surface area contributed by atoms with Crippen LogP contribution < -0.4 is 4.18 Å². The van der Waals surface area contributed by atoms with Crippen LogP contribution in [-0.2, 0) is 9.33 Å². The van der Waals surface area contributed by atoms with E-state index in [-0.39, 0.29) is 5.75 Å². The van der Waals surface area contributed by atoms with Gasteiger partial charge in [-0.3, -0.25) is 4.98 Å². The Kier molecular flexibility index (Phi) is 2.50. The molecule has 0 N–H and O–H groups in total. The van der Waals surface area contributed by atoms with Crippen LogP contribution >= 0.6 is 10.7 Å². The summed E-state index contributed by atoms with van der Waals surface area (Å²) < 4.78 is 26.2. The van der Waals surface area contributed by atoms with Gasteiger partial charge in [0.25, 0.3) is 0 Å². The van der Waals surface area contributed by atoms with Gasteiger partial charge in [-0.05, 0) is 12.1 Å². The fourth-order valence-electron chi connectivity index (χ4n) is 1.27. The first-order valence-corrected chi connectivity index (χ1v) is 6.26. The molecule has 78 valence electrons. The van der Waals surface area contributed by atoms with Gasteiger partial charge < -0.3 is 4.18 Å². The Balaban J connectivity index is 2.61. The summed E-state index contributed by atoms with van der Waals surface area (Å²) in [6.07, 6.45) is 3.17. The van der Waals surface area contributed by atoms with Gasteiger partial charge >= 0.3 is 9.33 Å². The molecule has 0 saturated carbocycles. The zero-order chi connectivity index (χ0) is 10.9. The first kappa shape index (κ1) is 10.2. The van der Waals surface area contributed by atoms with Crippen molar-refractivity contribution >= 4 is 30.8 Å². The molecule has 4 nitrogen and oxygen atoms in total. The summed E-state index contributed by atoms with van der Waals surface area (Å²) in [5.41, 5.74) is 0. The third kappa shape index (κ3) is 2.37. The number of fused-ring (bicyclic) bond motifs is 1. The quantitative estimate of drug-likeness (QED) is 0.758. The number of nitrogens with zero attached hydrogens (tertiary/aromatic N) is 1. The molecular formula is C9H6ClNO3S. The summed E-state index contributed by atoms with van der Waals surface area (Å²) in [7, 11) is 0.986. The molecule has 0 amide bonds. The van der Waals surface area contributed by atoms with Crippen molar-refractivity contribution in [3.63, 3.8) is 0 Å². The molecule has 0 bridgehead atoms. The Labute approximate surface area is 91.1 Å². The van der Waals surface area contributed by atoms with Gasteiger partial charge in [0, 0.05) is 23.2 Å². The summed E-state index contributed by atoms with van der Waals surface area (Å²) in [5.74, 6) is 0.199. The molecule has 0 unspecified atom stereocenters. The number of aromatic nitrogens is 1. The van der Waals surface area contributed by atoms with Gasteiger partial charge in [-0.2, -0.15) is 8.42 Å². The van der Waals surface area contributed by atoms with E-state index in [1.807, 2.05) is 0 Å². The first-order valence-electron chi connectivity index (χ1n) is 4.03. The Morgan fingerprint density at radius 2 is 2.07 bits per heavy atom. The van der Waals surface area contributed by atoms with Crippen molar-refractivity contribution in [2.45, 2.75) is 0 Å². The largest absolute Gasteiger partial charge is 0.401 e. The van der Waals surface area contributed by atoms with E-state index >= 15 is 0 Å². The number of hydrogen-bond acceptors (Lipinski definition) is 4. The minimum Gasteiger partial charge on any atom is -0.370 e. The molecule has 1 aromatic carbocycles. The van der Waals surface area contributed by atoms with Crippen LogP contribution in [0.5, 0.6) is 5.75 Å². The van der Waals surface area contributed by atoms with E-state index < -0.39 is 9.33 Å². The van der Waals surface area contributed by atoms with Crippen molar-refractivity contribution in [1.29, 1.82) is 0 Å². The van der Waals surface area contributed by atoms with Crippen molar-refractivity contribution in [3.8, 4) is 5.75 Å². The van der Waals surface area contributed by atoms with Crippen LogP contribution in [-0.4, -0.2) is 13.4 Å². The summed E-state index contributed by atoms with van der Waals surface area (Å²) in [4.78, 5) is 3.91. The lowest BCUT2D eigenvalue weighted by Crippen LogP contribution is -2.00. The van der Waals surface area contributed by atoms with Gasteiger partial charge in [0.1, 0.15) is 0 Å². The second kappa shape index (κ2) is 3.67. The van der Waals surface area contributed by atoms with Crippen LogP contribution in [0.25, 0.3) is 10.8 Å². The third-order valence-corrected chi connectivity index (χ3v) is 2.40. The Morgan fingerprint density at radius 3 is 2.80 bits per heavy atom. The molecule has 0 atom stereocenters. The first-order chi connectivity index (χ1) is 7.06. The van der Waals surface area contributed by atoms with E-state index in [1.165, 1.54) is 6.07 Å². The van der Waals surface area contributed by atoms with Crippen molar-refractivity contribution in [1.82, 2.24) is 4.98 Å². The Bertz CT molecular complexity index is 592. The number of pyridine rings is 1. The lowest BCUT2D eigenvalue weighted by atomic mass is 10.2. The third-order valence-electron chi connectivity index (χ3n) is 1.83. The maximum atomic E-state index is 10.8. The summed E-state index contributed by atoms with van der Waals surface area (Å²) in [5, 5.41) is 1.44. The van der Waals surface area contributed by atoms with E-state index in [1.54, 1.807) is 30.6 Å². The molecule has 0 aliphatic rings. The van der Waals surface area contributed by atoms with Crippen molar-refractivity contribution in [3.05, 3.63) is 36.7 Å². The predicted molar refractivity (Wildman–Crippen MR) is 57.1 cm³/mol. The highest BCUT2D eigenvalue weighted by atomic mass is 35.7. The predicted octanol–water partition coefficient (Wildman–Crippen LogP) is 2.10. The molecule has 0 aliphatic carbocycles. The van der Waals surface area contributed by atoms with Crippen molar-refractivity contribution < 1.29 is 12.6 Å². The molecule has 0 fully saturated rings. The van der Waals surface area contributed by atoms with E-state index in [0.717, 1.165) is 5.39 Å². The molecule has 2 aromatic rings. The number of hydrogen-bond donors (Lipinski definition) is 0. The summed E-state index contributed by atoms with van der Waals surface area (Å²) >= 11 is 0. The normalized spacial score (nSPS) is 11.5. The van der Waals surface area contributed by atoms with Gasteiger partial charge in [-0.1, -0.05) is 12.1 Å². The van der Waals surface area contributed by atoms with E-state index in [2.05, 4.69) is 9.17 Å². The molecule has 1 heterocycles. The van der Waals surface area contributed by atoms with Gasteiger partial charge in [-0.25, -0.2) is 0 Å². The van der Waals surface area contributed by atoms with E-state index in [0.29, 0.717) is 5.39 Å². The van der Waals surface area contributed by atoms with E-state index in [9.17, 15) is 8.42 Å². The fraction of sp³-hybridized carbons (Fsp3) is 0. The Hall–Kier alpha value is -1.33. The standard InChI is InChI=1S/C9H6ClNO3S/c10-15(12,13)14-9-3-1-2-7-6-11-5-4-8(7)9/h1-6H. The zero-order valence-corrected chi connectivity index (χ0v) is 8.99. The van der Waals surface area contributed by atoms with Gasteiger partial charge in [0.05, 0.1) is 10.7 Å². The van der Waals surface area contributed by atoms with Crippen LogP contribution in [0.1, 0.15) is 0 Å². The molecule has 0 spiro atoms. The maximum absolute atomic E-state index is 10.8. The summed E-state index contributed by atoms with van der Waals surface area (Å²) in [6.45, 7) is 0.